The fraction of sp³-hybridized carbons (Fsp3) is 0.650. The number of aryl methyl sites for hydroxylation is 3. The molecule has 0 saturated carbocycles. The molecule has 9 heteroatoms. The lowest BCUT2D eigenvalue weighted by molar-refractivity contribution is 0.0361. The molecule has 0 bridgehead atoms. The Kier molecular flexibility index (Phi) is 5.35. The molecule has 1 fully saturated rings. The van der Waals surface area contributed by atoms with Crippen LogP contribution in [-0.2, 0) is 24.9 Å². The van der Waals surface area contributed by atoms with Crippen molar-refractivity contribution in [1.29, 1.82) is 0 Å². The molecule has 0 atom stereocenters. The van der Waals surface area contributed by atoms with Crippen LogP contribution < -0.4 is 11.2 Å². The standard InChI is InChI=1S/C20H30N6O3/c1-5-6-7-24-14(2)15(3)26-16-17(21-19(24)26)22(4)20(28)25(18(16)27)9-8-23-10-12-29-13-11-23/h5-13H2,1-4H3. The van der Waals surface area contributed by atoms with Crippen molar-refractivity contribution in [1.82, 2.24) is 28.0 Å². The van der Waals surface area contributed by atoms with Crippen molar-refractivity contribution in [3.63, 3.8) is 0 Å². The molecule has 1 aliphatic heterocycles. The van der Waals surface area contributed by atoms with Gasteiger partial charge >= 0.3 is 5.69 Å². The summed E-state index contributed by atoms with van der Waals surface area (Å²) in [5.41, 5.74) is 2.46. The maximum atomic E-state index is 13.4. The van der Waals surface area contributed by atoms with Gasteiger partial charge in [-0.1, -0.05) is 13.3 Å². The third-order valence-corrected chi connectivity index (χ3v) is 6.11. The van der Waals surface area contributed by atoms with Crippen molar-refractivity contribution >= 4 is 16.9 Å². The molecule has 1 saturated heterocycles. The van der Waals surface area contributed by atoms with E-state index in [-0.39, 0.29) is 11.2 Å². The highest BCUT2D eigenvalue weighted by Gasteiger charge is 2.22. The van der Waals surface area contributed by atoms with E-state index >= 15 is 0 Å². The molecule has 0 aliphatic carbocycles. The third-order valence-electron chi connectivity index (χ3n) is 6.11. The van der Waals surface area contributed by atoms with Gasteiger partial charge in [0.15, 0.2) is 11.2 Å². The van der Waals surface area contributed by atoms with Crippen LogP contribution in [0.25, 0.3) is 16.9 Å². The van der Waals surface area contributed by atoms with E-state index in [2.05, 4.69) is 23.3 Å². The highest BCUT2D eigenvalue weighted by molar-refractivity contribution is 5.76. The molecule has 4 rings (SSSR count). The summed E-state index contributed by atoms with van der Waals surface area (Å²) < 4.78 is 12.3. The summed E-state index contributed by atoms with van der Waals surface area (Å²) in [4.78, 5) is 33.2. The molecule has 0 radical (unpaired) electrons. The van der Waals surface area contributed by atoms with Crippen molar-refractivity contribution < 1.29 is 4.74 Å². The number of nitrogens with zero attached hydrogens (tertiary/aromatic N) is 6. The first-order chi connectivity index (χ1) is 14.0. The average molecular weight is 402 g/mol. The summed E-state index contributed by atoms with van der Waals surface area (Å²) in [6.45, 7) is 11.1. The van der Waals surface area contributed by atoms with E-state index in [0.717, 1.165) is 49.6 Å². The Morgan fingerprint density at radius 3 is 2.41 bits per heavy atom. The summed E-state index contributed by atoms with van der Waals surface area (Å²) in [5, 5.41) is 0. The highest BCUT2D eigenvalue weighted by Crippen LogP contribution is 2.21. The van der Waals surface area contributed by atoms with Crippen molar-refractivity contribution in [2.24, 2.45) is 7.05 Å². The minimum atomic E-state index is -0.314. The van der Waals surface area contributed by atoms with Gasteiger partial charge in [-0.3, -0.25) is 23.2 Å². The van der Waals surface area contributed by atoms with E-state index in [1.165, 1.54) is 9.13 Å². The molecule has 0 unspecified atom stereocenters. The van der Waals surface area contributed by atoms with Gasteiger partial charge < -0.3 is 9.30 Å². The number of hydrogen-bond acceptors (Lipinski definition) is 5. The molecule has 0 N–H and O–H groups in total. The number of imidazole rings is 2. The van der Waals surface area contributed by atoms with Crippen molar-refractivity contribution in [2.45, 2.75) is 46.7 Å². The molecular weight excluding hydrogens is 372 g/mol. The predicted octanol–water partition coefficient (Wildman–Crippen LogP) is 0.899. The minimum Gasteiger partial charge on any atom is -0.379 e. The fourth-order valence-corrected chi connectivity index (χ4v) is 4.16. The zero-order valence-electron chi connectivity index (χ0n) is 17.8. The highest BCUT2D eigenvalue weighted by atomic mass is 16.5. The van der Waals surface area contributed by atoms with Crippen LogP contribution in [0.2, 0.25) is 0 Å². The molecule has 0 amide bonds. The zero-order valence-corrected chi connectivity index (χ0v) is 17.8. The number of hydrogen-bond donors (Lipinski definition) is 0. The van der Waals surface area contributed by atoms with Crippen LogP contribution >= 0.6 is 0 Å². The van der Waals surface area contributed by atoms with Crippen molar-refractivity contribution in [3.8, 4) is 0 Å². The number of fused-ring (bicyclic) bond motifs is 3. The number of ether oxygens (including phenoxy) is 1. The lowest BCUT2D eigenvalue weighted by Gasteiger charge is -2.26. The first-order valence-electron chi connectivity index (χ1n) is 10.4. The summed E-state index contributed by atoms with van der Waals surface area (Å²) in [6, 6.07) is 0. The molecule has 3 aromatic heterocycles. The number of rotatable bonds is 6. The Balaban J connectivity index is 1.85. The van der Waals surface area contributed by atoms with Crippen LogP contribution in [0.4, 0.5) is 0 Å². The molecule has 4 heterocycles. The van der Waals surface area contributed by atoms with E-state index < -0.39 is 0 Å². The number of aromatic nitrogens is 5. The predicted molar refractivity (Wildman–Crippen MR) is 112 cm³/mol. The van der Waals surface area contributed by atoms with Crippen LogP contribution in [0.1, 0.15) is 31.2 Å². The van der Waals surface area contributed by atoms with Crippen LogP contribution in [-0.4, -0.2) is 60.8 Å². The monoisotopic (exact) mass is 402 g/mol. The Bertz CT molecular complexity index is 1160. The van der Waals surface area contributed by atoms with Gasteiger partial charge in [-0.15, -0.1) is 0 Å². The lowest BCUT2D eigenvalue weighted by Crippen LogP contribution is -2.44. The van der Waals surface area contributed by atoms with Gasteiger partial charge in [0.05, 0.1) is 13.2 Å². The second kappa shape index (κ2) is 7.79. The lowest BCUT2D eigenvalue weighted by atomic mass is 10.3. The minimum absolute atomic E-state index is 0.264. The molecule has 1 aliphatic rings. The summed E-state index contributed by atoms with van der Waals surface area (Å²) in [5.74, 6) is 0.737. The molecule has 0 aromatic carbocycles. The molecule has 0 spiro atoms. The summed E-state index contributed by atoms with van der Waals surface area (Å²) in [7, 11) is 1.69. The molecule has 3 aromatic rings. The molecule has 29 heavy (non-hydrogen) atoms. The quantitative estimate of drug-likeness (QED) is 0.612. The van der Waals surface area contributed by atoms with Crippen LogP contribution in [0, 0.1) is 13.8 Å². The van der Waals surface area contributed by atoms with Gasteiger partial charge in [-0.25, -0.2) is 4.79 Å². The topological polar surface area (TPSA) is 78.7 Å². The molecule has 9 nitrogen and oxygen atoms in total. The van der Waals surface area contributed by atoms with Crippen LogP contribution in [0.3, 0.4) is 0 Å². The Morgan fingerprint density at radius 2 is 1.72 bits per heavy atom. The molecule has 158 valence electrons. The normalized spacial score (nSPS) is 15.7. The van der Waals surface area contributed by atoms with Gasteiger partial charge in [0.25, 0.3) is 5.56 Å². The smallest absolute Gasteiger partial charge is 0.332 e. The van der Waals surface area contributed by atoms with Crippen molar-refractivity contribution in [3.05, 3.63) is 32.2 Å². The Morgan fingerprint density at radius 1 is 1.00 bits per heavy atom. The van der Waals surface area contributed by atoms with E-state index in [1.54, 1.807) is 7.05 Å². The van der Waals surface area contributed by atoms with Gasteiger partial charge in [-0.2, -0.15) is 4.98 Å². The third kappa shape index (κ3) is 3.22. The fourth-order valence-electron chi connectivity index (χ4n) is 4.16. The largest absolute Gasteiger partial charge is 0.379 e. The zero-order chi connectivity index (χ0) is 20.7. The Labute approximate surface area is 169 Å². The van der Waals surface area contributed by atoms with Gasteiger partial charge in [0.1, 0.15) is 0 Å². The summed E-state index contributed by atoms with van der Waals surface area (Å²) >= 11 is 0. The van der Waals surface area contributed by atoms with Crippen LogP contribution in [0.5, 0.6) is 0 Å². The van der Waals surface area contributed by atoms with Crippen LogP contribution in [0.15, 0.2) is 9.59 Å². The van der Waals surface area contributed by atoms with E-state index in [1.807, 2.05) is 11.3 Å². The SMILES string of the molecule is CCCCn1c(C)c(C)n2c3c(=O)n(CCN4CCOCC4)c(=O)n(C)c3nc12. The van der Waals surface area contributed by atoms with Gasteiger partial charge in [0, 0.05) is 51.2 Å². The summed E-state index contributed by atoms with van der Waals surface area (Å²) in [6.07, 6.45) is 2.12. The number of morpholine rings is 1. The maximum Gasteiger partial charge on any atom is 0.332 e. The first-order valence-corrected chi connectivity index (χ1v) is 10.4. The maximum absolute atomic E-state index is 13.4. The second-order valence-electron chi connectivity index (χ2n) is 7.85. The molecular formula is C20H30N6O3. The Hall–Kier alpha value is -2.39. The number of unbranched alkanes of at least 4 members (excludes halogenated alkanes) is 1. The van der Waals surface area contributed by atoms with E-state index in [0.29, 0.717) is 37.5 Å². The first kappa shape index (κ1) is 19.9. The van der Waals surface area contributed by atoms with E-state index in [9.17, 15) is 9.59 Å². The average Bonchev–Trinajstić information content (AvgIpc) is 3.22. The van der Waals surface area contributed by atoms with Gasteiger partial charge in [0.2, 0.25) is 5.78 Å². The van der Waals surface area contributed by atoms with Crippen molar-refractivity contribution in [2.75, 3.05) is 32.8 Å². The van der Waals surface area contributed by atoms with Gasteiger partial charge in [-0.05, 0) is 20.3 Å². The van der Waals surface area contributed by atoms with E-state index in [4.69, 9.17) is 9.72 Å². The second-order valence-corrected chi connectivity index (χ2v) is 7.85.